The van der Waals surface area contributed by atoms with Crippen LogP contribution in [0.2, 0.25) is 0 Å². The molecule has 0 amide bonds. The summed E-state index contributed by atoms with van der Waals surface area (Å²) in [5.41, 5.74) is 0.850. The van der Waals surface area contributed by atoms with Crippen molar-refractivity contribution >= 4 is 11.6 Å². The Morgan fingerprint density at radius 3 is 2.74 bits per heavy atom. The Kier molecular flexibility index (Phi) is 3.59. The molecule has 2 nitrogen and oxygen atoms in total. The summed E-state index contributed by atoms with van der Waals surface area (Å²) in [6.45, 7) is 7.09. The van der Waals surface area contributed by atoms with E-state index in [-0.39, 0.29) is 17.0 Å². The number of fused-ring (bicyclic) bond motifs is 5. The summed E-state index contributed by atoms with van der Waals surface area (Å²) in [5, 5.41) is 0. The first-order valence-electron chi connectivity index (χ1n) is 9.74. The van der Waals surface area contributed by atoms with Gasteiger partial charge in [-0.2, -0.15) is 0 Å². The number of hydrogen-bond acceptors (Lipinski definition) is 2. The van der Waals surface area contributed by atoms with Crippen LogP contribution in [0.15, 0.2) is 11.6 Å². The average molecular weight is 314 g/mol. The van der Waals surface area contributed by atoms with E-state index in [2.05, 4.69) is 20.8 Å². The highest BCUT2D eigenvalue weighted by Crippen LogP contribution is 2.63. The maximum absolute atomic E-state index is 12.8. The molecule has 0 spiro atoms. The van der Waals surface area contributed by atoms with Gasteiger partial charge in [0, 0.05) is 18.4 Å². The van der Waals surface area contributed by atoms with E-state index in [1.54, 1.807) is 6.08 Å². The first-order chi connectivity index (χ1) is 11.0. The maximum atomic E-state index is 12.8. The molecular formula is C21H30O2. The molecule has 0 heterocycles. The van der Waals surface area contributed by atoms with Crippen molar-refractivity contribution in [1.29, 1.82) is 0 Å². The van der Waals surface area contributed by atoms with E-state index in [4.69, 9.17) is 0 Å². The lowest BCUT2D eigenvalue weighted by Crippen LogP contribution is -2.52. The molecule has 0 bridgehead atoms. The van der Waals surface area contributed by atoms with Gasteiger partial charge in [-0.15, -0.1) is 0 Å². The van der Waals surface area contributed by atoms with Crippen LogP contribution in [0, 0.1) is 40.9 Å². The molecule has 4 aliphatic carbocycles. The van der Waals surface area contributed by atoms with Gasteiger partial charge in [-0.1, -0.05) is 27.2 Å². The van der Waals surface area contributed by atoms with Crippen molar-refractivity contribution in [2.75, 3.05) is 0 Å². The summed E-state index contributed by atoms with van der Waals surface area (Å²) in [4.78, 5) is 24.7. The zero-order valence-corrected chi connectivity index (χ0v) is 14.8. The second-order valence-electron chi connectivity index (χ2n) is 9.04. The van der Waals surface area contributed by atoms with Crippen LogP contribution >= 0.6 is 0 Å². The summed E-state index contributed by atoms with van der Waals surface area (Å²) < 4.78 is 0. The molecule has 126 valence electrons. The molecule has 0 saturated heterocycles. The fraction of sp³-hybridized carbons (Fsp3) is 0.810. The summed E-state index contributed by atoms with van der Waals surface area (Å²) in [6.07, 6.45) is 9.21. The lowest BCUT2D eigenvalue weighted by atomic mass is 9.47. The van der Waals surface area contributed by atoms with Crippen molar-refractivity contribution in [3.8, 4) is 0 Å². The van der Waals surface area contributed by atoms with Crippen LogP contribution in [0.25, 0.3) is 0 Å². The van der Waals surface area contributed by atoms with Crippen LogP contribution in [0.1, 0.15) is 65.7 Å². The number of Topliss-reactive ketones (excluding diaryl/α,β-unsaturated/α-hetero) is 1. The van der Waals surface area contributed by atoms with Gasteiger partial charge in [-0.3, -0.25) is 9.59 Å². The number of rotatable bonds is 1. The molecule has 0 aromatic carbocycles. The van der Waals surface area contributed by atoms with Crippen molar-refractivity contribution in [3.63, 3.8) is 0 Å². The van der Waals surface area contributed by atoms with Gasteiger partial charge in [0.05, 0.1) is 0 Å². The van der Waals surface area contributed by atoms with Crippen molar-refractivity contribution in [2.45, 2.75) is 65.7 Å². The monoisotopic (exact) mass is 314 g/mol. The van der Waals surface area contributed by atoms with Gasteiger partial charge in [0.15, 0.2) is 11.6 Å². The minimum Gasteiger partial charge on any atom is -0.295 e. The van der Waals surface area contributed by atoms with E-state index in [0.29, 0.717) is 24.7 Å². The Hall–Kier alpha value is -0.920. The topological polar surface area (TPSA) is 34.1 Å². The number of hydrogen-bond donors (Lipinski definition) is 0. The smallest absolute Gasteiger partial charge is 0.159 e. The predicted molar refractivity (Wildman–Crippen MR) is 90.8 cm³/mol. The van der Waals surface area contributed by atoms with Crippen molar-refractivity contribution in [2.24, 2.45) is 40.9 Å². The van der Waals surface area contributed by atoms with E-state index < -0.39 is 0 Å². The molecule has 4 rings (SSSR count). The molecule has 4 unspecified atom stereocenters. The van der Waals surface area contributed by atoms with Gasteiger partial charge >= 0.3 is 0 Å². The van der Waals surface area contributed by atoms with Gasteiger partial charge in [0.25, 0.3) is 0 Å². The van der Waals surface area contributed by atoms with E-state index in [0.717, 1.165) is 35.7 Å². The van der Waals surface area contributed by atoms with Crippen LogP contribution < -0.4 is 0 Å². The molecule has 3 fully saturated rings. The molecule has 4 aliphatic rings. The van der Waals surface area contributed by atoms with E-state index >= 15 is 0 Å². The van der Waals surface area contributed by atoms with E-state index in [9.17, 15) is 9.59 Å². The molecule has 0 aliphatic heterocycles. The third kappa shape index (κ3) is 2.13. The average Bonchev–Trinajstić information content (AvgIpc) is 2.96. The molecule has 0 N–H and O–H groups in total. The number of ketones is 2. The normalized spacial score (nSPS) is 49.3. The number of allylic oxidation sites excluding steroid dienone is 1. The minimum absolute atomic E-state index is 0.0303. The van der Waals surface area contributed by atoms with Gasteiger partial charge < -0.3 is 0 Å². The maximum Gasteiger partial charge on any atom is 0.159 e. The van der Waals surface area contributed by atoms with Crippen LogP contribution in [0.3, 0.4) is 0 Å². The van der Waals surface area contributed by atoms with Crippen LogP contribution in [-0.2, 0) is 9.59 Å². The Morgan fingerprint density at radius 1 is 1.22 bits per heavy atom. The summed E-state index contributed by atoms with van der Waals surface area (Å²) >= 11 is 0. The quantitative estimate of drug-likeness (QED) is 0.710. The molecule has 0 aromatic rings. The molecule has 0 radical (unpaired) electrons. The van der Waals surface area contributed by atoms with Crippen LogP contribution in [0.4, 0.5) is 0 Å². The van der Waals surface area contributed by atoms with Crippen molar-refractivity contribution in [1.82, 2.24) is 0 Å². The first-order valence-corrected chi connectivity index (χ1v) is 9.74. The van der Waals surface area contributed by atoms with Gasteiger partial charge in [-0.25, -0.2) is 0 Å². The lowest BCUT2D eigenvalue weighted by Gasteiger charge is -2.56. The highest BCUT2D eigenvalue weighted by Gasteiger charge is 2.58. The first kappa shape index (κ1) is 15.6. The molecule has 0 aromatic heterocycles. The molecule has 23 heavy (non-hydrogen) atoms. The van der Waals surface area contributed by atoms with Gasteiger partial charge in [0.2, 0.25) is 0 Å². The Morgan fingerprint density at radius 2 is 2.00 bits per heavy atom. The molecule has 3 saturated carbocycles. The predicted octanol–water partition coefficient (Wildman–Crippen LogP) is 4.58. The second kappa shape index (κ2) is 5.29. The number of carbonyl (C=O) groups is 2. The minimum atomic E-state index is -0.0303. The summed E-state index contributed by atoms with van der Waals surface area (Å²) in [5.74, 6) is 4.90. The van der Waals surface area contributed by atoms with Crippen molar-refractivity contribution in [3.05, 3.63) is 11.6 Å². The third-order valence-electron chi connectivity index (χ3n) is 8.13. The highest BCUT2D eigenvalue weighted by molar-refractivity contribution is 6.05. The SMILES string of the molecule is CC[C@H]1CCC2C3CC(=O)C4=CC(=O)CC[C@]4(C)C3C[C@@H](C)C21. The van der Waals surface area contributed by atoms with Crippen LogP contribution in [0.5, 0.6) is 0 Å². The molecule has 7 atom stereocenters. The Balaban J connectivity index is 1.72. The number of carbonyl (C=O) groups excluding carboxylic acids is 2. The largest absolute Gasteiger partial charge is 0.295 e. The standard InChI is InChI=1S/C21H30O2/c1-4-13-5-6-15-16-11-19(23)18-10-14(22)7-8-21(18,3)17(16)9-12(2)20(13)15/h10,12-13,15-17,20H,4-9,11H2,1-3H3/t12-,13+,15?,16?,17?,20?,21-/m1/s1. The highest BCUT2D eigenvalue weighted by atomic mass is 16.1. The Labute approximate surface area is 140 Å². The molecular weight excluding hydrogens is 284 g/mol. The van der Waals surface area contributed by atoms with Gasteiger partial charge in [-0.05, 0) is 72.7 Å². The lowest BCUT2D eigenvalue weighted by molar-refractivity contribution is -0.130. The van der Waals surface area contributed by atoms with Gasteiger partial charge in [0.1, 0.15) is 0 Å². The fourth-order valence-corrected chi connectivity index (χ4v) is 7.08. The molecule has 2 heteroatoms. The second-order valence-corrected chi connectivity index (χ2v) is 9.04. The third-order valence-corrected chi connectivity index (χ3v) is 8.13. The summed E-state index contributed by atoms with van der Waals surface area (Å²) in [7, 11) is 0. The zero-order valence-electron chi connectivity index (χ0n) is 14.8. The van der Waals surface area contributed by atoms with Crippen molar-refractivity contribution < 1.29 is 9.59 Å². The fourth-order valence-electron chi connectivity index (χ4n) is 7.08. The van der Waals surface area contributed by atoms with E-state index in [1.165, 1.54) is 25.7 Å². The zero-order chi connectivity index (χ0) is 16.4. The summed E-state index contributed by atoms with van der Waals surface area (Å²) in [6, 6.07) is 0. The van der Waals surface area contributed by atoms with Crippen LogP contribution in [-0.4, -0.2) is 11.6 Å². The van der Waals surface area contributed by atoms with E-state index in [1.807, 2.05) is 0 Å². The Bertz CT molecular complexity index is 574.